The van der Waals surface area contributed by atoms with Gasteiger partial charge in [0.05, 0.1) is 12.9 Å². The van der Waals surface area contributed by atoms with Crippen LogP contribution < -0.4 is 5.63 Å². The van der Waals surface area contributed by atoms with E-state index in [1.165, 1.54) is 0 Å². The highest BCUT2D eigenvalue weighted by Gasteiger charge is 2.25. The monoisotopic (exact) mass is 340 g/mol. The number of hydrogen-bond donors (Lipinski definition) is 2. The van der Waals surface area contributed by atoms with E-state index in [-0.39, 0.29) is 12.2 Å². The Bertz CT molecular complexity index is 946. The lowest BCUT2D eigenvalue weighted by Crippen LogP contribution is -2.24. The van der Waals surface area contributed by atoms with Crippen LogP contribution in [0.15, 0.2) is 46.1 Å². The summed E-state index contributed by atoms with van der Waals surface area (Å²) in [5.41, 5.74) is 2.46. The Kier molecular flexibility index (Phi) is 4.15. The quantitative estimate of drug-likeness (QED) is 0.709. The number of fused-ring (bicyclic) bond motifs is 3. The molecule has 0 bridgehead atoms. The zero-order valence-electron chi connectivity index (χ0n) is 13.8. The van der Waals surface area contributed by atoms with E-state index in [1.807, 2.05) is 0 Å². The van der Waals surface area contributed by atoms with Gasteiger partial charge in [0, 0.05) is 23.3 Å². The van der Waals surface area contributed by atoms with Gasteiger partial charge in [-0.05, 0) is 42.9 Å². The zero-order valence-corrected chi connectivity index (χ0v) is 13.8. The maximum absolute atomic E-state index is 12.2. The summed E-state index contributed by atoms with van der Waals surface area (Å²) in [4.78, 5) is 16.2. The number of aryl methyl sites for hydroxylation is 1. The number of imidazole rings is 1. The molecule has 2 unspecified atom stereocenters. The van der Waals surface area contributed by atoms with Crippen LogP contribution in [-0.2, 0) is 19.4 Å². The molecule has 0 saturated heterocycles. The van der Waals surface area contributed by atoms with Crippen LogP contribution in [0.2, 0.25) is 0 Å². The first kappa shape index (κ1) is 16.1. The molecule has 2 N–H and O–H groups in total. The molecule has 25 heavy (non-hydrogen) atoms. The highest BCUT2D eigenvalue weighted by molar-refractivity contribution is 5.85. The van der Waals surface area contributed by atoms with Crippen LogP contribution in [0.5, 0.6) is 0 Å². The highest BCUT2D eigenvalue weighted by atomic mass is 16.4. The lowest BCUT2D eigenvalue weighted by Gasteiger charge is -2.23. The van der Waals surface area contributed by atoms with E-state index in [2.05, 4.69) is 4.98 Å². The van der Waals surface area contributed by atoms with E-state index >= 15 is 0 Å². The van der Waals surface area contributed by atoms with E-state index in [0.717, 1.165) is 30.2 Å². The van der Waals surface area contributed by atoms with Gasteiger partial charge in [-0.1, -0.05) is 12.1 Å². The minimum Gasteiger partial charge on any atom is -0.422 e. The predicted molar refractivity (Wildman–Crippen MR) is 92.3 cm³/mol. The molecule has 1 aliphatic rings. The highest BCUT2D eigenvalue weighted by Crippen LogP contribution is 2.33. The van der Waals surface area contributed by atoms with Crippen molar-refractivity contribution in [3.05, 3.63) is 64.0 Å². The minimum atomic E-state index is -1.08. The first-order valence-corrected chi connectivity index (χ1v) is 8.54. The normalized spacial score (nSPS) is 16.6. The Morgan fingerprint density at radius 2 is 2.00 bits per heavy atom. The van der Waals surface area contributed by atoms with Crippen LogP contribution in [0.1, 0.15) is 35.6 Å². The van der Waals surface area contributed by atoms with Crippen molar-refractivity contribution in [1.82, 2.24) is 9.55 Å². The maximum atomic E-state index is 12.2. The third kappa shape index (κ3) is 2.88. The second-order valence-corrected chi connectivity index (χ2v) is 6.55. The number of aliphatic hydroxyl groups excluding tert-OH is 2. The third-order valence-electron chi connectivity index (χ3n) is 4.92. The van der Waals surface area contributed by atoms with Gasteiger partial charge >= 0.3 is 5.63 Å². The molecule has 0 amide bonds. The molecule has 6 nitrogen and oxygen atoms in total. The summed E-state index contributed by atoms with van der Waals surface area (Å²) in [6.07, 6.45) is 6.36. The molecule has 1 aromatic carbocycles. The third-order valence-corrected chi connectivity index (χ3v) is 4.92. The van der Waals surface area contributed by atoms with Crippen LogP contribution in [0.4, 0.5) is 0 Å². The van der Waals surface area contributed by atoms with Crippen molar-refractivity contribution in [3.8, 4) is 0 Å². The fourth-order valence-corrected chi connectivity index (χ4v) is 3.69. The van der Waals surface area contributed by atoms with Gasteiger partial charge in [-0.2, -0.15) is 0 Å². The molecule has 0 aliphatic heterocycles. The van der Waals surface area contributed by atoms with E-state index in [9.17, 15) is 15.0 Å². The lowest BCUT2D eigenvalue weighted by molar-refractivity contribution is 0.00894. The van der Waals surface area contributed by atoms with Crippen molar-refractivity contribution >= 4 is 11.0 Å². The molecule has 130 valence electrons. The standard InChI is InChI=1S/C19H20N2O4/c22-15(10-21-9-8-20-11-21)18(23)14-6-3-7-16-17(14)12-4-1-2-5-13(12)19(24)25-16/h3,6-9,11,15,18,22-23H,1-2,4-5,10H2. The van der Waals surface area contributed by atoms with E-state index in [4.69, 9.17) is 4.42 Å². The van der Waals surface area contributed by atoms with Crippen LogP contribution in [0, 0.1) is 0 Å². The van der Waals surface area contributed by atoms with Crippen molar-refractivity contribution in [2.45, 2.75) is 44.4 Å². The molecule has 0 fully saturated rings. The Morgan fingerprint density at radius 3 is 2.76 bits per heavy atom. The topological polar surface area (TPSA) is 88.5 Å². The van der Waals surface area contributed by atoms with Crippen molar-refractivity contribution in [3.63, 3.8) is 0 Å². The number of benzene rings is 1. The Morgan fingerprint density at radius 1 is 1.20 bits per heavy atom. The summed E-state index contributed by atoms with van der Waals surface area (Å²) in [6, 6.07) is 5.27. The van der Waals surface area contributed by atoms with Crippen molar-refractivity contribution in [2.24, 2.45) is 0 Å². The van der Waals surface area contributed by atoms with Crippen molar-refractivity contribution in [1.29, 1.82) is 0 Å². The lowest BCUT2D eigenvalue weighted by atomic mass is 9.87. The summed E-state index contributed by atoms with van der Waals surface area (Å²) >= 11 is 0. The van der Waals surface area contributed by atoms with Gasteiger partial charge < -0.3 is 19.2 Å². The van der Waals surface area contributed by atoms with Crippen LogP contribution in [-0.4, -0.2) is 25.9 Å². The molecule has 1 aliphatic carbocycles. The fraction of sp³-hybridized carbons (Fsp3) is 0.368. The second-order valence-electron chi connectivity index (χ2n) is 6.55. The second kappa shape index (κ2) is 6.46. The summed E-state index contributed by atoms with van der Waals surface area (Å²) < 4.78 is 7.19. The number of aliphatic hydroxyl groups is 2. The Labute approximate surface area is 144 Å². The summed E-state index contributed by atoms with van der Waals surface area (Å²) in [5.74, 6) is 0. The zero-order chi connectivity index (χ0) is 17.4. The SMILES string of the molecule is O=c1oc2cccc(C(O)C(O)Cn3ccnc3)c2c2c1CCCC2. The largest absolute Gasteiger partial charge is 0.422 e. The van der Waals surface area contributed by atoms with Gasteiger partial charge in [-0.3, -0.25) is 0 Å². The molecule has 3 aromatic rings. The molecule has 2 aromatic heterocycles. The van der Waals surface area contributed by atoms with Gasteiger partial charge in [-0.25, -0.2) is 9.78 Å². The molecule has 0 saturated carbocycles. The average molecular weight is 340 g/mol. The summed E-state index contributed by atoms with van der Waals surface area (Å²) in [5, 5.41) is 22.0. The predicted octanol–water partition coefficient (Wildman–Crippen LogP) is 1.96. The minimum absolute atomic E-state index is 0.233. The Hall–Kier alpha value is -2.44. The molecule has 2 heterocycles. The first-order chi connectivity index (χ1) is 12.1. The van der Waals surface area contributed by atoms with Gasteiger partial charge in [0.1, 0.15) is 17.8 Å². The number of aromatic nitrogens is 2. The molecule has 4 rings (SSSR count). The van der Waals surface area contributed by atoms with Crippen LogP contribution >= 0.6 is 0 Å². The Balaban J connectivity index is 1.80. The molecule has 2 atom stereocenters. The van der Waals surface area contributed by atoms with Gasteiger partial charge in [-0.15, -0.1) is 0 Å². The summed E-state index contributed by atoms with van der Waals surface area (Å²) in [6.45, 7) is 0.233. The van der Waals surface area contributed by atoms with Crippen molar-refractivity contribution in [2.75, 3.05) is 0 Å². The van der Waals surface area contributed by atoms with E-state index < -0.39 is 12.2 Å². The molecule has 6 heteroatoms. The van der Waals surface area contributed by atoms with Gasteiger partial charge in [0.2, 0.25) is 0 Å². The average Bonchev–Trinajstić information content (AvgIpc) is 3.13. The number of rotatable bonds is 4. The van der Waals surface area contributed by atoms with Crippen LogP contribution in [0.25, 0.3) is 11.0 Å². The van der Waals surface area contributed by atoms with E-state index in [1.54, 1.807) is 41.5 Å². The molecular weight excluding hydrogens is 320 g/mol. The molecular formula is C19H20N2O4. The number of hydrogen-bond acceptors (Lipinski definition) is 5. The number of nitrogens with zero attached hydrogens (tertiary/aromatic N) is 2. The van der Waals surface area contributed by atoms with Crippen molar-refractivity contribution < 1.29 is 14.6 Å². The van der Waals surface area contributed by atoms with Crippen LogP contribution in [0.3, 0.4) is 0 Å². The maximum Gasteiger partial charge on any atom is 0.339 e. The van der Waals surface area contributed by atoms with Gasteiger partial charge in [0.25, 0.3) is 0 Å². The van der Waals surface area contributed by atoms with Gasteiger partial charge in [0.15, 0.2) is 0 Å². The van der Waals surface area contributed by atoms with E-state index in [0.29, 0.717) is 23.1 Å². The first-order valence-electron chi connectivity index (χ1n) is 8.54. The molecule has 0 radical (unpaired) electrons. The summed E-state index contributed by atoms with van der Waals surface area (Å²) in [7, 11) is 0. The molecule has 0 spiro atoms. The fourth-order valence-electron chi connectivity index (χ4n) is 3.69. The smallest absolute Gasteiger partial charge is 0.339 e.